The van der Waals surface area contributed by atoms with E-state index in [2.05, 4.69) is 24.3 Å². The van der Waals surface area contributed by atoms with Crippen LogP contribution < -0.4 is 5.32 Å². The third-order valence-corrected chi connectivity index (χ3v) is 6.40. The van der Waals surface area contributed by atoms with Gasteiger partial charge < -0.3 is 10.4 Å². The van der Waals surface area contributed by atoms with Gasteiger partial charge in [-0.2, -0.15) is 5.10 Å². The van der Waals surface area contributed by atoms with Crippen LogP contribution >= 0.6 is 11.3 Å². The number of carboxylic acid groups (broad SMARTS) is 1. The fraction of sp³-hybridized carbons (Fsp3) is 0.381. The Labute approximate surface area is 168 Å². The number of nitrogens with one attached hydrogen (secondary N) is 1. The molecule has 148 valence electrons. The molecule has 0 saturated carbocycles. The Hall–Kier alpha value is -2.67. The molecular weight excluding hydrogens is 374 g/mol. The Morgan fingerprint density at radius 2 is 1.96 bits per heavy atom. The summed E-state index contributed by atoms with van der Waals surface area (Å²) >= 11 is 1.37. The van der Waals surface area contributed by atoms with Crippen molar-refractivity contribution in [2.24, 2.45) is 7.05 Å². The van der Waals surface area contributed by atoms with Crippen molar-refractivity contribution in [1.82, 2.24) is 15.1 Å². The van der Waals surface area contributed by atoms with Gasteiger partial charge >= 0.3 is 5.97 Å². The second kappa shape index (κ2) is 7.75. The zero-order valence-electron chi connectivity index (χ0n) is 16.5. The first-order valence-electron chi connectivity index (χ1n) is 9.33. The van der Waals surface area contributed by atoms with Gasteiger partial charge in [0.2, 0.25) is 0 Å². The molecule has 0 bridgehead atoms. The number of carboxylic acids is 1. The van der Waals surface area contributed by atoms with Gasteiger partial charge in [0.1, 0.15) is 10.2 Å². The summed E-state index contributed by atoms with van der Waals surface area (Å²) in [5.74, 6) is -0.943. The third-order valence-electron chi connectivity index (χ3n) is 5.20. The Morgan fingerprint density at radius 3 is 2.54 bits per heavy atom. The van der Waals surface area contributed by atoms with E-state index in [4.69, 9.17) is 0 Å². The Kier molecular flexibility index (Phi) is 5.56. The summed E-state index contributed by atoms with van der Waals surface area (Å²) in [5, 5.41) is 18.3. The molecule has 0 aliphatic rings. The summed E-state index contributed by atoms with van der Waals surface area (Å²) in [4.78, 5) is 26.4. The Balaban J connectivity index is 1.87. The van der Waals surface area contributed by atoms with Gasteiger partial charge in [-0.3, -0.25) is 14.3 Å². The van der Waals surface area contributed by atoms with E-state index in [1.807, 2.05) is 38.2 Å². The number of carbonyl (C=O) groups is 2. The summed E-state index contributed by atoms with van der Waals surface area (Å²) < 4.78 is 1.80. The fourth-order valence-electron chi connectivity index (χ4n) is 3.46. The lowest BCUT2D eigenvalue weighted by molar-refractivity contribution is -0.143. The van der Waals surface area contributed by atoms with Gasteiger partial charge in [-0.15, -0.1) is 11.3 Å². The number of hydrogen-bond donors (Lipinski definition) is 2. The zero-order chi connectivity index (χ0) is 20.5. The summed E-state index contributed by atoms with van der Waals surface area (Å²) in [6, 6.07) is 10.9. The number of rotatable bonds is 7. The first-order valence-corrected chi connectivity index (χ1v) is 10.2. The first-order chi connectivity index (χ1) is 13.3. The molecular formula is C21H25N3O3S. The van der Waals surface area contributed by atoms with E-state index in [0.717, 1.165) is 15.9 Å². The lowest BCUT2D eigenvalue weighted by Gasteiger charge is -2.29. The third kappa shape index (κ3) is 3.42. The van der Waals surface area contributed by atoms with Crippen LogP contribution in [0.15, 0.2) is 36.4 Å². The largest absolute Gasteiger partial charge is 0.481 e. The number of amides is 1. The standard InChI is InChI=1S/C21H25N3O3S/c1-5-21(20(26)27,14-9-7-6-8-10-14)12-22-18(25)16-11-15-17(13(2)3)23-24(4)19(15)28-16/h6-11,13H,5,12H2,1-4H3,(H,22,25)(H,26,27). The van der Waals surface area contributed by atoms with Crippen LogP contribution in [0.4, 0.5) is 0 Å². The number of thiophene rings is 1. The molecule has 6 nitrogen and oxygen atoms in total. The molecule has 0 saturated heterocycles. The van der Waals surface area contributed by atoms with E-state index in [9.17, 15) is 14.7 Å². The van der Waals surface area contributed by atoms with Crippen LogP contribution in [0.3, 0.4) is 0 Å². The molecule has 0 fully saturated rings. The molecule has 2 heterocycles. The van der Waals surface area contributed by atoms with Gasteiger partial charge in [0, 0.05) is 19.0 Å². The number of fused-ring (bicyclic) bond motifs is 1. The minimum atomic E-state index is -1.15. The molecule has 7 heteroatoms. The highest BCUT2D eigenvalue weighted by molar-refractivity contribution is 7.20. The summed E-state index contributed by atoms with van der Waals surface area (Å²) in [6.45, 7) is 6.00. The molecule has 1 aromatic carbocycles. The van der Waals surface area contributed by atoms with Gasteiger partial charge in [-0.1, -0.05) is 51.1 Å². The average Bonchev–Trinajstić information content (AvgIpc) is 3.24. The van der Waals surface area contributed by atoms with Crippen molar-refractivity contribution in [3.8, 4) is 0 Å². The monoisotopic (exact) mass is 399 g/mol. The van der Waals surface area contributed by atoms with E-state index in [-0.39, 0.29) is 18.4 Å². The maximum Gasteiger partial charge on any atom is 0.315 e. The van der Waals surface area contributed by atoms with E-state index in [1.165, 1.54) is 11.3 Å². The first kappa shape index (κ1) is 20.1. The Morgan fingerprint density at radius 1 is 1.29 bits per heavy atom. The molecule has 0 spiro atoms. The van der Waals surface area contributed by atoms with Crippen molar-refractivity contribution in [3.63, 3.8) is 0 Å². The van der Waals surface area contributed by atoms with E-state index < -0.39 is 11.4 Å². The van der Waals surface area contributed by atoms with Crippen molar-refractivity contribution in [3.05, 3.63) is 52.5 Å². The maximum atomic E-state index is 12.8. The van der Waals surface area contributed by atoms with Crippen LogP contribution in [0.5, 0.6) is 0 Å². The van der Waals surface area contributed by atoms with Crippen LogP contribution in [0.2, 0.25) is 0 Å². The van der Waals surface area contributed by atoms with Crippen LogP contribution in [0, 0.1) is 0 Å². The smallest absolute Gasteiger partial charge is 0.315 e. The van der Waals surface area contributed by atoms with Crippen molar-refractivity contribution >= 4 is 33.4 Å². The minimum absolute atomic E-state index is 0.0329. The quantitative estimate of drug-likeness (QED) is 0.631. The molecule has 3 aromatic rings. The Bertz CT molecular complexity index is 1010. The minimum Gasteiger partial charge on any atom is -0.481 e. The molecule has 0 aliphatic heterocycles. The predicted molar refractivity (Wildman–Crippen MR) is 111 cm³/mol. The van der Waals surface area contributed by atoms with E-state index >= 15 is 0 Å². The van der Waals surface area contributed by atoms with Gasteiger partial charge in [0.15, 0.2) is 0 Å². The second-order valence-corrected chi connectivity index (χ2v) is 8.31. The average molecular weight is 400 g/mol. The highest BCUT2D eigenvalue weighted by Crippen LogP contribution is 2.32. The van der Waals surface area contributed by atoms with Crippen LogP contribution in [0.25, 0.3) is 10.2 Å². The van der Waals surface area contributed by atoms with Crippen molar-refractivity contribution < 1.29 is 14.7 Å². The number of carbonyl (C=O) groups excluding carboxylic acids is 1. The lowest BCUT2D eigenvalue weighted by Crippen LogP contribution is -2.46. The highest BCUT2D eigenvalue weighted by Gasteiger charge is 2.39. The number of benzene rings is 1. The number of aryl methyl sites for hydroxylation is 1. The molecule has 1 unspecified atom stereocenters. The van der Waals surface area contributed by atoms with Gasteiger partial charge in [-0.05, 0) is 24.0 Å². The molecule has 28 heavy (non-hydrogen) atoms. The molecule has 2 aromatic heterocycles. The molecule has 2 N–H and O–H groups in total. The van der Waals surface area contributed by atoms with Crippen molar-refractivity contribution in [1.29, 1.82) is 0 Å². The number of aliphatic carboxylic acids is 1. The molecule has 1 amide bonds. The van der Waals surface area contributed by atoms with Gasteiger partial charge in [-0.25, -0.2) is 0 Å². The van der Waals surface area contributed by atoms with Crippen molar-refractivity contribution in [2.75, 3.05) is 6.54 Å². The summed E-state index contributed by atoms with van der Waals surface area (Å²) in [7, 11) is 1.87. The number of hydrogen-bond acceptors (Lipinski definition) is 4. The SMILES string of the molecule is CCC(CNC(=O)c1cc2c(C(C)C)nn(C)c2s1)(C(=O)O)c1ccccc1. The number of aromatic nitrogens is 2. The summed E-state index contributed by atoms with van der Waals surface area (Å²) in [5.41, 5.74) is 0.497. The molecule has 1 atom stereocenters. The van der Waals surface area contributed by atoms with Gasteiger partial charge in [0.05, 0.1) is 10.6 Å². The van der Waals surface area contributed by atoms with Crippen molar-refractivity contribution in [2.45, 2.75) is 38.5 Å². The van der Waals surface area contributed by atoms with E-state index in [0.29, 0.717) is 16.9 Å². The maximum absolute atomic E-state index is 12.8. The van der Waals surface area contributed by atoms with Gasteiger partial charge in [0.25, 0.3) is 5.91 Å². The fourth-order valence-corrected chi connectivity index (χ4v) is 4.46. The molecule has 0 radical (unpaired) electrons. The zero-order valence-corrected chi connectivity index (χ0v) is 17.3. The highest BCUT2D eigenvalue weighted by atomic mass is 32.1. The van der Waals surface area contributed by atoms with E-state index in [1.54, 1.807) is 16.8 Å². The molecule has 3 rings (SSSR count). The normalized spacial score (nSPS) is 13.6. The topological polar surface area (TPSA) is 84.2 Å². The number of nitrogens with zero attached hydrogens (tertiary/aromatic N) is 2. The predicted octanol–water partition coefficient (Wildman–Crippen LogP) is 3.92. The van der Waals surface area contributed by atoms with Crippen LogP contribution in [-0.2, 0) is 17.3 Å². The lowest BCUT2D eigenvalue weighted by atomic mass is 9.78. The summed E-state index contributed by atoms with van der Waals surface area (Å²) in [6.07, 6.45) is 0.375. The second-order valence-electron chi connectivity index (χ2n) is 7.28. The van der Waals surface area contributed by atoms with Crippen LogP contribution in [0.1, 0.15) is 54.0 Å². The van der Waals surface area contributed by atoms with Crippen LogP contribution in [-0.4, -0.2) is 33.3 Å². The molecule has 0 aliphatic carbocycles.